The van der Waals surface area contributed by atoms with Crippen molar-refractivity contribution >= 4 is 5.95 Å². The maximum Gasteiger partial charge on any atom is 0.221 e. The van der Waals surface area contributed by atoms with Crippen molar-refractivity contribution in [3.8, 4) is 0 Å². The van der Waals surface area contributed by atoms with E-state index >= 15 is 0 Å². The summed E-state index contributed by atoms with van der Waals surface area (Å²) >= 11 is 0. The summed E-state index contributed by atoms with van der Waals surface area (Å²) in [6, 6.07) is 0. The van der Waals surface area contributed by atoms with Crippen LogP contribution in [0.1, 0.15) is 25.6 Å². The van der Waals surface area contributed by atoms with E-state index in [0.29, 0.717) is 0 Å². The van der Waals surface area contributed by atoms with Gasteiger partial charge in [-0.15, -0.1) is 10.2 Å². The Balaban J connectivity index is 2.27. The fraction of sp³-hybridized carbons (Fsp3) is 0.714. The smallest absolute Gasteiger partial charge is 0.221 e. The summed E-state index contributed by atoms with van der Waals surface area (Å²) in [5.74, 6) is 1.62. The lowest BCUT2D eigenvalue weighted by molar-refractivity contribution is 0.827. The molecule has 2 N–H and O–H groups in total. The maximum atomic E-state index is 3.87. The molecule has 0 amide bonds. The molecular weight excluding hydrogens is 140 g/mol. The molecule has 0 unspecified atom stereocenters. The average molecular weight is 154 g/mol. The molecule has 0 fully saturated rings. The molecule has 62 valence electrons. The second kappa shape index (κ2) is 3.95. The molecule has 0 saturated carbocycles. The van der Waals surface area contributed by atoms with Gasteiger partial charge in [-0.25, -0.2) is 0 Å². The van der Waals surface area contributed by atoms with E-state index < -0.39 is 0 Å². The Morgan fingerprint density at radius 3 is 2.82 bits per heavy atom. The largest absolute Gasteiger partial charge is 0.354 e. The normalized spacial score (nSPS) is 10.0. The molecule has 1 heterocycles. The van der Waals surface area contributed by atoms with Crippen LogP contribution < -0.4 is 5.32 Å². The van der Waals surface area contributed by atoms with Gasteiger partial charge >= 0.3 is 0 Å². The third-order valence-corrected chi connectivity index (χ3v) is 1.42. The highest BCUT2D eigenvalue weighted by Crippen LogP contribution is 1.96. The van der Waals surface area contributed by atoms with Gasteiger partial charge in [0, 0.05) is 6.54 Å². The third kappa shape index (κ3) is 2.57. The Morgan fingerprint density at radius 2 is 2.27 bits per heavy atom. The summed E-state index contributed by atoms with van der Waals surface area (Å²) in [5, 5.41) is 10.8. The predicted octanol–water partition coefficient (Wildman–Crippen LogP) is 1.33. The van der Waals surface area contributed by atoms with Crippen molar-refractivity contribution < 1.29 is 0 Å². The first-order chi connectivity index (χ1) is 5.33. The number of anilines is 1. The van der Waals surface area contributed by atoms with Gasteiger partial charge in [0.15, 0.2) is 0 Å². The van der Waals surface area contributed by atoms with Crippen molar-refractivity contribution in [3.05, 3.63) is 5.82 Å². The van der Waals surface area contributed by atoms with E-state index in [0.717, 1.165) is 18.3 Å². The number of rotatable bonds is 4. The zero-order chi connectivity index (χ0) is 8.10. The van der Waals surface area contributed by atoms with Gasteiger partial charge in [0.05, 0.1) is 0 Å². The fourth-order valence-corrected chi connectivity index (χ4v) is 0.809. The van der Waals surface area contributed by atoms with Crippen LogP contribution in [0.2, 0.25) is 0 Å². The second-order valence-electron chi connectivity index (χ2n) is 2.54. The van der Waals surface area contributed by atoms with Crippen LogP contribution in [0, 0.1) is 6.92 Å². The number of nitrogens with one attached hydrogen (secondary N) is 2. The highest BCUT2D eigenvalue weighted by Gasteiger charge is 1.94. The van der Waals surface area contributed by atoms with Crippen LogP contribution in [-0.2, 0) is 0 Å². The maximum absolute atomic E-state index is 3.87. The lowest BCUT2D eigenvalue weighted by Gasteiger charge is -1.97. The zero-order valence-electron chi connectivity index (χ0n) is 7.02. The van der Waals surface area contributed by atoms with Crippen molar-refractivity contribution in [3.63, 3.8) is 0 Å². The van der Waals surface area contributed by atoms with Crippen molar-refractivity contribution in [2.45, 2.75) is 26.7 Å². The van der Waals surface area contributed by atoms with Crippen molar-refractivity contribution in [2.75, 3.05) is 11.9 Å². The molecule has 1 aromatic rings. The molecule has 1 rings (SSSR count). The SMILES string of the molecule is CCCCNc1nnc(C)[nH]1. The number of aryl methyl sites for hydroxylation is 1. The summed E-state index contributed by atoms with van der Waals surface area (Å²) in [5.41, 5.74) is 0. The molecule has 0 aromatic carbocycles. The molecule has 11 heavy (non-hydrogen) atoms. The van der Waals surface area contributed by atoms with E-state index in [2.05, 4.69) is 27.4 Å². The molecule has 0 aliphatic heterocycles. The number of H-pyrrole nitrogens is 1. The summed E-state index contributed by atoms with van der Waals surface area (Å²) in [6.45, 7) is 5.01. The fourth-order valence-electron chi connectivity index (χ4n) is 0.809. The van der Waals surface area contributed by atoms with Crippen molar-refractivity contribution in [1.82, 2.24) is 15.2 Å². The molecule has 4 heteroatoms. The van der Waals surface area contributed by atoms with E-state index in [-0.39, 0.29) is 0 Å². The highest BCUT2D eigenvalue weighted by molar-refractivity contribution is 5.21. The summed E-state index contributed by atoms with van der Waals surface area (Å²) in [4.78, 5) is 3.00. The predicted molar refractivity (Wildman–Crippen MR) is 44.5 cm³/mol. The van der Waals surface area contributed by atoms with Gasteiger partial charge in [-0.2, -0.15) is 0 Å². The molecule has 0 aliphatic rings. The Morgan fingerprint density at radius 1 is 1.45 bits per heavy atom. The molecule has 0 bridgehead atoms. The molecule has 0 spiro atoms. The topological polar surface area (TPSA) is 53.6 Å². The minimum atomic E-state index is 0.774. The number of aromatic nitrogens is 3. The molecule has 0 saturated heterocycles. The van der Waals surface area contributed by atoms with Gasteiger partial charge in [0.2, 0.25) is 5.95 Å². The second-order valence-corrected chi connectivity index (χ2v) is 2.54. The Labute approximate surface area is 66.4 Å². The minimum absolute atomic E-state index is 0.774. The average Bonchev–Trinajstić information content (AvgIpc) is 2.37. The van der Waals surface area contributed by atoms with Crippen LogP contribution in [0.3, 0.4) is 0 Å². The molecule has 0 radical (unpaired) electrons. The van der Waals surface area contributed by atoms with Gasteiger partial charge in [0.1, 0.15) is 5.82 Å². The minimum Gasteiger partial charge on any atom is -0.354 e. The van der Waals surface area contributed by atoms with Crippen LogP contribution in [0.4, 0.5) is 5.95 Å². The molecule has 1 aromatic heterocycles. The Hall–Kier alpha value is -1.06. The summed E-state index contributed by atoms with van der Waals surface area (Å²) in [7, 11) is 0. The van der Waals surface area contributed by atoms with Gasteiger partial charge in [-0.1, -0.05) is 13.3 Å². The quantitative estimate of drug-likeness (QED) is 0.643. The molecule has 0 aliphatic carbocycles. The van der Waals surface area contributed by atoms with Crippen LogP contribution in [-0.4, -0.2) is 21.7 Å². The lowest BCUT2D eigenvalue weighted by atomic mass is 10.3. The zero-order valence-corrected chi connectivity index (χ0v) is 7.02. The van der Waals surface area contributed by atoms with E-state index in [1.165, 1.54) is 12.8 Å². The van der Waals surface area contributed by atoms with Crippen LogP contribution in [0.15, 0.2) is 0 Å². The first-order valence-corrected chi connectivity index (χ1v) is 3.96. The van der Waals surface area contributed by atoms with E-state index in [1.54, 1.807) is 0 Å². The number of hydrogen-bond donors (Lipinski definition) is 2. The Kier molecular flexibility index (Phi) is 2.89. The van der Waals surface area contributed by atoms with Gasteiger partial charge in [-0.3, -0.25) is 0 Å². The number of hydrogen-bond acceptors (Lipinski definition) is 3. The molecule has 0 atom stereocenters. The van der Waals surface area contributed by atoms with E-state index in [1.807, 2.05) is 6.92 Å². The standard InChI is InChI=1S/C7H14N4/c1-3-4-5-8-7-9-6(2)10-11-7/h3-5H2,1-2H3,(H2,8,9,10,11). The molecular formula is C7H14N4. The van der Waals surface area contributed by atoms with Gasteiger partial charge in [-0.05, 0) is 13.3 Å². The van der Waals surface area contributed by atoms with Crippen LogP contribution in [0.25, 0.3) is 0 Å². The van der Waals surface area contributed by atoms with E-state index in [9.17, 15) is 0 Å². The van der Waals surface area contributed by atoms with Crippen LogP contribution in [0.5, 0.6) is 0 Å². The third-order valence-electron chi connectivity index (χ3n) is 1.42. The van der Waals surface area contributed by atoms with Crippen LogP contribution >= 0.6 is 0 Å². The van der Waals surface area contributed by atoms with Crippen molar-refractivity contribution in [2.24, 2.45) is 0 Å². The van der Waals surface area contributed by atoms with Gasteiger partial charge < -0.3 is 10.3 Å². The molecule has 4 nitrogen and oxygen atoms in total. The lowest BCUT2D eigenvalue weighted by Crippen LogP contribution is -2.02. The summed E-state index contributed by atoms with van der Waals surface area (Å²) < 4.78 is 0. The Bertz CT molecular complexity index is 206. The number of aromatic amines is 1. The number of unbranched alkanes of at least 4 members (excludes halogenated alkanes) is 1. The van der Waals surface area contributed by atoms with Gasteiger partial charge in [0.25, 0.3) is 0 Å². The van der Waals surface area contributed by atoms with Crippen molar-refractivity contribution in [1.29, 1.82) is 0 Å². The number of nitrogens with zero attached hydrogens (tertiary/aromatic N) is 2. The highest BCUT2D eigenvalue weighted by atomic mass is 15.3. The monoisotopic (exact) mass is 154 g/mol. The first-order valence-electron chi connectivity index (χ1n) is 3.96. The summed E-state index contributed by atoms with van der Waals surface area (Å²) in [6.07, 6.45) is 2.36. The first kappa shape index (κ1) is 8.04. The van der Waals surface area contributed by atoms with E-state index in [4.69, 9.17) is 0 Å².